The summed E-state index contributed by atoms with van der Waals surface area (Å²) >= 11 is 4.98. The summed E-state index contributed by atoms with van der Waals surface area (Å²) < 4.78 is 1.04. The zero-order valence-electron chi connectivity index (χ0n) is 7.49. The molecule has 0 fully saturated rings. The van der Waals surface area contributed by atoms with E-state index in [1.807, 2.05) is 18.4 Å². The minimum atomic E-state index is 0.511. The number of anilines is 1. The Hall–Kier alpha value is -0.940. The number of nitrogen functional groups attached to an aromatic ring is 1. The van der Waals surface area contributed by atoms with Crippen LogP contribution < -0.4 is 5.73 Å². The first-order chi connectivity index (χ1) is 6.65. The minimum Gasteiger partial charge on any atom is -0.384 e. The number of aromatic nitrogens is 2. The zero-order valence-corrected chi connectivity index (χ0v) is 9.89. The molecule has 0 aliphatic carbocycles. The van der Waals surface area contributed by atoms with Crippen molar-refractivity contribution in [1.29, 1.82) is 0 Å². The van der Waals surface area contributed by atoms with Crippen molar-refractivity contribution in [3.63, 3.8) is 0 Å². The van der Waals surface area contributed by atoms with Crippen LogP contribution in [0.15, 0.2) is 22.0 Å². The molecule has 72 valence electrons. The van der Waals surface area contributed by atoms with Gasteiger partial charge in [0.1, 0.15) is 5.82 Å². The van der Waals surface area contributed by atoms with E-state index in [9.17, 15) is 0 Å². The Morgan fingerprint density at radius 3 is 2.71 bits per heavy atom. The molecule has 0 bridgehead atoms. The summed E-state index contributed by atoms with van der Waals surface area (Å²) in [5.74, 6) is 1.20. The largest absolute Gasteiger partial charge is 0.384 e. The molecule has 2 N–H and O–H groups in total. The van der Waals surface area contributed by atoms with Crippen LogP contribution in [0.1, 0.15) is 5.69 Å². The van der Waals surface area contributed by atoms with E-state index in [2.05, 4.69) is 25.9 Å². The number of aryl methyl sites for hydroxylation is 1. The highest BCUT2D eigenvalue weighted by atomic mass is 79.9. The zero-order chi connectivity index (χ0) is 10.1. The number of hydrogen-bond acceptors (Lipinski definition) is 4. The van der Waals surface area contributed by atoms with Crippen LogP contribution in [0, 0.1) is 6.92 Å². The molecule has 0 spiro atoms. The van der Waals surface area contributed by atoms with Crippen molar-refractivity contribution >= 4 is 33.1 Å². The van der Waals surface area contributed by atoms with Crippen LogP contribution in [0.3, 0.4) is 0 Å². The minimum absolute atomic E-state index is 0.511. The maximum absolute atomic E-state index is 5.65. The molecule has 0 aromatic carbocycles. The van der Waals surface area contributed by atoms with E-state index in [1.165, 1.54) is 0 Å². The summed E-state index contributed by atoms with van der Waals surface area (Å²) in [5, 5.41) is 2.00. The van der Waals surface area contributed by atoms with E-state index < -0.39 is 0 Å². The van der Waals surface area contributed by atoms with Gasteiger partial charge in [-0.1, -0.05) is 0 Å². The first-order valence-electron chi connectivity index (χ1n) is 4.01. The van der Waals surface area contributed by atoms with Crippen LogP contribution in [-0.2, 0) is 0 Å². The van der Waals surface area contributed by atoms with E-state index in [0.29, 0.717) is 11.6 Å². The third-order valence-electron chi connectivity index (χ3n) is 1.66. The van der Waals surface area contributed by atoms with Gasteiger partial charge >= 0.3 is 0 Å². The molecule has 2 heterocycles. The SMILES string of the molecule is Cc1cc(N)nc(-c2cc(Br)cs2)n1. The number of hydrogen-bond donors (Lipinski definition) is 1. The van der Waals surface area contributed by atoms with Gasteiger partial charge in [0, 0.05) is 21.6 Å². The molecule has 0 atom stereocenters. The fourth-order valence-electron chi connectivity index (χ4n) is 1.13. The van der Waals surface area contributed by atoms with Crippen molar-refractivity contribution in [3.8, 4) is 10.7 Å². The summed E-state index contributed by atoms with van der Waals surface area (Å²) in [6.45, 7) is 1.91. The first-order valence-corrected chi connectivity index (χ1v) is 5.68. The summed E-state index contributed by atoms with van der Waals surface area (Å²) in [6, 6.07) is 3.74. The molecular weight excluding hydrogens is 262 g/mol. The lowest BCUT2D eigenvalue weighted by Crippen LogP contribution is -1.96. The van der Waals surface area contributed by atoms with Crippen molar-refractivity contribution in [2.24, 2.45) is 0 Å². The molecule has 0 aliphatic heterocycles. The molecule has 14 heavy (non-hydrogen) atoms. The van der Waals surface area contributed by atoms with Crippen LogP contribution in [0.25, 0.3) is 10.7 Å². The number of halogens is 1. The van der Waals surface area contributed by atoms with Crippen molar-refractivity contribution < 1.29 is 0 Å². The molecule has 0 amide bonds. The third kappa shape index (κ3) is 1.93. The van der Waals surface area contributed by atoms with Gasteiger partial charge in [0.25, 0.3) is 0 Å². The Morgan fingerprint density at radius 1 is 1.36 bits per heavy atom. The van der Waals surface area contributed by atoms with Gasteiger partial charge in [0.2, 0.25) is 0 Å². The number of nitrogens with two attached hydrogens (primary N) is 1. The summed E-state index contributed by atoms with van der Waals surface area (Å²) in [6.07, 6.45) is 0. The van der Waals surface area contributed by atoms with Gasteiger partial charge in [-0.3, -0.25) is 0 Å². The smallest absolute Gasteiger partial charge is 0.171 e. The van der Waals surface area contributed by atoms with Crippen LogP contribution in [0.4, 0.5) is 5.82 Å². The fourth-order valence-corrected chi connectivity index (χ4v) is 2.49. The molecule has 2 rings (SSSR count). The van der Waals surface area contributed by atoms with Gasteiger partial charge < -0.3 is 5.73 Å². The normalized spacial score (nSPS) is 10.4. The van der Waals surface area contributed by atoms with Gasteiger partial charge in [-0.15, -0.1) is 11.3 Å². The monoisotopic (exact) mass is 269 g/mol. The average molecular weight is 270 g/mol. The molecule has 0 saturated carbocycles. The van der Waals surface area contributed by atoms with Crippen molar-refractivity contribution in [1.82, 2.24) is 9.97 Å². The summed E-state index contributed by atoms with van der Waals surface area (Å²) in [5.41, 5.74) is 6.53. The fraction of sp³-hybridized carbons (Fsp3) is 0.111. The molecule has 0 aliphatic rings. The van der Waals surface area contributed by atoms with Crippen molar-refractivity contribution in [2.75, 3.05) is 5.73 Å². The average Bonchev–Trinajstić information content (AvgIpc) is 2.50. The molecule has 2 aromatic rings. The predicted molar refractivity (Wildman–Crippen MR) is 62.2 cm³/mol. The van der Waals surface area contributed by atoms with Crippen LogP contribution >= 0.6 is 27.3 Å². The number of nitrogens with zero attached hydrogens (tertiary/aromatic N) is 2. The lowest BCUT2D eigenvalue weighted by Gasteiger charge is -1.99. The van der Waals surface area contributed by atoms with E-state index >= 15 is 0 Å². The van der Waals surface area contributed by atoms with E-state index in [4.69, 9.17) is 5.73 Å². The Morgan fingerprint density at radius 2 is 2.14 bits per heavy atom. The summed E-state index contributed by atoms with van der Waals surface area (Å²) in [7, 11) is 0. The van der Waals surface area contributed by atoms with Crippen molar-refractivity contribution in [3.05, 3.63) is 27.7 Å². The Bertz CT molecular complexity index is 447. The second-order valence-electron chi connectivity index (χ2n) is 2.89. The van der Waals surface area contributed by atoms with E-state index in [-0.39, 0.29) is 0 Å². The number of rotatable bonds is 1. The predicted octanol–water partition coefficient (Wildman–Crippen LogP) is 2.86. The lowest BCUT2D eigenvalue weighted by molar-refractivity contribution is 1.13. The highest BCUT2D eigenvalue weighted by Gasteiger charge is 2.05. The van der Waals surface area contributed by atoms with E-state index in [0.717, 1.165) is 15.0 Å². The van der Waals surface area contributed by atoms with Gasteiger partial charge in [-0.05, 0) is 28.9 Å². The van der Waals surface area contributed by atoms with Gasteiger partial charge in [-0.25, -0.2) is 9.97 Å². The lowest BCUT2D eigenvalue weighted by atomic mass is 10.4. The van der Waals surface area contributed by atoms with Gasteiger partial charge in [0.05, 0.1) is 4.88 Å². The van der Waals surface area contributed by atoms with Crippen LogP contribution in [-0.4, -0.2) is 9.97 Å². The highest BCUT2D eigenvalue weighted by Crippen LogP contribution is 2.27. The molecular formula is C9H8BrN3S. The standard InChI is InChI=1S/C9H8BrN3S/c1-5-2-8(11)13-9(12-5)7-3-6(10)4-14-7/h2-4H,1H3,(H2,11,12,13). The second-order valence-corrected chi connectivity index (χ2v) is 4.71. The second kappa shape index (κ2) is 3.67. The molecule has 3 nitrogen and oxygen atoms in total. The molecule has 0 saturated heterocycles. The van der Waals surface area contributed by atoms with Crippen LogP contribution in [0.2, 0.25) is 0 Å². The highest BCUT2D eigenvalue weighted by molar-refractivity contribution is 9.10. The molecule has 0 unspecified atom stereocenters. The first kappa shape index (κ1) is 9.61. The van der Waals surface area contributed by atoms with Gasteiger partial charge in [0.15, 0.2) is 5.82 Å². The number of thiophene rings is 1. The Labute approximate surface area is 94.1 Å². The molecule has 2 aromatic heterocycles. The summed E-state index contributed by atoms with van der Waals surface area (Å²) in [4.78, 5) is 9.51. The Balaban J connectivity index is 2.51. The molecule has 5 heteroatoms. The van der Waals surface area contributed by atoms with Crippen molar-refractivity contribution in [2.45, 2.75) is 6.92 Å². The maximum atomic E-state index is 5.65. The topological polar surface area (TPSA) is 51.8 Å². The molecule has 0 radical (unpaired) electrons. The Kier molecular flexibility index (Phi) is 2.52. The van der Waals surface area contributed by atoms with E-state index in [1.54, 1.807) is 17.4 Å². The van der Waals surface area contributed by atoms with Gasteiger partial charge in [-0.2, -0.15) is 0 Å². The van der Waals surface area contributed by atoms with Crippen LogP contribution in [0.5, 0.6) is 0 Å². The third-order valence-corrected chi connectivity index (χ3v) is 3.35. The quantitative estimate of drug-likeness (QED) is 0.866. The maximum Gasteiger partial charge on any atom is 0.171 e.